The van der Waals surface area contributed by atoms with Crippen LogP contribution in [0.25, 0.3) is 10.9 Å². The summed E-state index contributed by atoms with van der Waals surface area (Å²) >= 11 is 0. The van der Waals surface area contributed by atoms with Gasteiger partial charge in [0.1, 0.15) is 5.66 Å². The minimum Gasteiger partial charge on any atom is -0.355 e. The van der Waals surface area contributed by atoms with E-state index in [-0.39, 0.29) is 11.1 Å². The number of H-pyrrole nitrogens is 1. The van der Waals surface area contributed by atoms with Crippen LogP contribution in [0.4, 0.5) is 0 Å². The SMILES string of the molecule is CCC12CCCN3CCc4c([nH]c5ccccc45)C31N(C1CC1)C(=O)C2. The monoisotopic (exact) mass is 349 g/mol. The molecule has 4 heteroatoms. The molecule has 1 spiro atoms. The highest BCUT2D eigenvalue weighted by Crippen LogP contribution is 2.64. The smallest absolute Gasteiger partial charge is 0.225 e. The lowest BCUT2D eigenvalue weighted by Gasteiger charge is -2.60. The third kappa shape index (κ3) is 1.59. The molecule has 1 amide bonds. The highest BCUT2D eigenvalue weighted by molar-refractivity contribution is 5.88. The Morgan fingerprint density at radius 3 is 2.88 bits per heavy atom. The summed E-state index contributed by atoms with van der Waals surface area (Å²) in [7, 11) is 0. The Kier molecular flexibility index (Phi) is 2.89. The molecule has 6 rings (SSSR count). The Hall–Kier alpha value is -1.81. The summed E-state index contributed by atoms with van der Waals surface area (Å²) in [4.78, 5) is 22.2. The van der Waals surface area contributed by atoms with Crippen LogP contribution >= 0.6 is 0 Å². The molecule has 26 heavy (non-hydrogen) atoms. The van der Waals surface area contributed by atoms with Crippen LogP contribution in [0, 0.1) is 5.41 Å². The zero-order valence-corrected chi connectivity index (χ0v) is 15.6. The van der Waals surface area contributed by atoms with E-state index >= 15 is 0 Å². The molecule has 1 aromatic carbocycles. The number of likely N-dealkylation sites (tertiary alicyclic amines) is 1. The number of piperidine rings is 1. The van der Waals surface area contributed by atoms with Crippen LogP contribution in [0.5, 0.6) is 0 Å². The molecule has 2 saturated heterocycles. The fourth-order valence-corrected chi connectivity index (χ4v) is 6.62. The van der Waals surface area contributed by atoms with Gasteiger partial charge in [0.05, 0.1) is 5.69 Å². The van der Waals surface area contributed by atoms with Crippen molar-refractivity contribution in [2.75, 3.05) is 13.1 Å². The van der Waals surface area contributed by atoms with Crippen molar-refractivity contribution in [3.8, 4) is 0 Å². The van der Waals surface area contributed by atoms with Gasteiger partial charge < -0.3 is 9.88 Å². The fraction of sp³-hybridized carbons (Fsp3) is 0.591. The number of carbonyl (C=O) groups is 1. The number of aromatic amines is 1. The second kappa shape index (κ2) is 4.92. The maximum atomic E-state index is 13.3. The molecule has 4 aliphatic rings. The first kappa shape index (κ1) is 15.3. The number of aromatic nitrogens is 1. The summed E-state index contributed by atoms with van der Waals surface area (Å²) in [6.07, 6.45) is 7.64. The number of para-hydroxylation sites is 1. The van der Waals surface area contributed by atoms with Gasteiger partial charge in [0.25, 0.3) is 0 Å². The van der Waals surface area contributed by atoms with Crippen LogP contribution in [-0.4, -0.2) is 39.8 Å². The minimum atomic E-state index is -0.231. The number of carbonyl (C=O) groups excluding carboxylic acids is 1. The number of nitrogens with one attached hydrogen (secondary N) is 1. The standard InChI is InChI=1S/C22H27N3O/c1-2-21-11-5-12-24-13-10-17-16-6-3-4-7-18(16)23-20(17)22(21,24)25(15-8-9-15)19(26)14-21/h3-4,6-7,15,23H,2,5,8-14H2,1H3. The summed E-state index contributed by atoms with van der Waals surface area (Å²) in [6, 6.07) is 9.17. The summed E-state index contributed by atoms with van der Waals surface area (Å²) in [5.74, 6) is 0.396. The first-order valence-electron chi connectivity index (χ1n) is 10.4. The van der Waals surface area contributed by atoms with Crippen molar-refractivity contribution in [1.82, 2.24) is 14.8 Å². The summed E-state index contributed by atoms with van der Waals surface area (Å²) < 4.78 is 0. The molecule has 3 fully saturated rings. The molecule has 3 aliphatic heterocycles. The molecular weight excluding hydrogens is 322 g/mol. The zero-order valence-electron chi connectivity index (χ0n) is 15.6. The largest absolute Gasteiger partial charge is 0.355 e. The van der Waals surface area contributed by atoms with E-state index in [4.69, 9.17) is 0 Å². The predicted octanol–water partition coefficient (Wildman–Crippen LogP) is 3.76. The first-order chi connectivity index (χ1) is 12.7. The van der Waals surface area contributed by atoms with Crippen molar-refractivity contribution in [3.63, 3.8) is 0 Å². The van der Waals surface area contributed by atoms with Gasteiger partial charge in [-0.15, -0.1) is 0 Å². The molecule has 136 valence electrons. The maximum Gasteiger partial charge on any atom is 0.225 e. The second-order valence-corrected chi connectivity index (χ2v) is 8.84. The van der Waals surface area contributed by atoms with Gasteiger partial charge in [-0.3, -0.25) is 9.69 Å². The van der Waals surface area contributed by atoms with E-state index in [0.29, 0.717) is 11.9 Å². The molecule has 1 saturated carbocycles. The lowest BCUT2D eigenvalue weighted by atomic mass is 9.63. The van der Waals surface area contributed by atoms with E-state index < -0.39 is 0 Å². The zero-order chi connectivity index (χ0) is 17.5. The maximum absolute atomic E-state index is 13.3. The van der Waals surface area contributed by atoms with Crippen molar-refractivity contribution in [3.05, 3.63) is 35.5 Å². The average molecular weight is 349 g/mol. The van der Waals surface area contributed by atoms with Crippen LogP contribution in [-0.2, 0) is 16.9 Å². The molecule has 1 aromatic heterocycles. The second-order valence-electron chi connectivity index (χ2n) is 8.84. The van der Waals surface area contributed by atoms with Crippen molar-refractivity contribution >= 4 is 16.8 Å². The first-order valence-corrected chi connectivity index (χ1v) is 10.4. The van der Waals surface area contributed by atoms with Gasteiger partial charge in [0, 0.05) is 41.9 Å². The number of hydrogen-bond donors (Lipinski definition) is 1. The third-order valence-electron chi connectivity index (χ3n) is 7.77. The highest BCUT2D eigenvalue weighted by atomic mass is 16.2. The molecule has 2 aromatic rings. The quantitative estimate of drug-likeness (QED) is 0.896. The lowest BCUT2D eigenvalue weighted by Crippen LogP contribution is -2.67. The molecule has 1 N–H and O–H groups in total. The van der Waals surface area contributed by atoms with Gasteiger partial charge in [-0.05, 0) is 50.2 Å². The van der Waals surface area contributed by atoms with Crippen molar-refractivity contribution in [2.24, 2.45) is 5.41 Å². The minimum absolute atomic E-state index is 0.0565. The highest BCUT2D eigenvalue weighted by Gasteiger charge is 2.70. The Morgan fingerprint density at radius 1 is 1.23 bits per heavy atom. The molecule has 1 aliphatic carbocycles. The summed E-state index contributed by atoms with van der Waals surface area (Å²) in [5.41, 5.74) is 3.88. The van der Waals surface area contributed by atoms with Crippen molar-refractivity contribution < 1.29 is 4.79 Å². The molecule has 4 heterocycles. The summed E-state index contributed by atoms with van der Waals surface area (Å²) in [6.45, 7) is 4.51. The topological polar surface area (TPSA) is 39.3 Å². The van der Waals surface area contributed by atoms with E-state index in [2.05, 4.69) is 46.0 Å². The predicted molar refractivity (Wildman–Crippen MR) is 102 cm³/mol. The van der Waals surface area contributed by atoms with Crippen LogP contribution < -0.4 is 0 Å². The van der Waals surface area contributed by atoms with Crippen LogP contribution in [0.3, 0.4) is 0 Å². The number of hydrogen-bond acceptors (Lipinski definition) is 2. The third-order valence-corrected chi connectivity index (χ3v) is 7.77. The van der Waals surface area contributed by atoms with E-state index in [1.807, 2.05) is 0 Å². The van der Waals surface area contributed by atoms with Gasteiger partial charge in [-0.1, -0.05) is 25.1 Å². The van der Waals surface area contributed by atoms with Gasteiger partial charge in [0.15, 0.2) is 0 Å². The van der Waals surface area contributed by atoms with Crippen LogP contribution in [0.1, 0.15) is 56.7 Å². The number of fused-ring (bicyclic) bond motifs is 3. The Labute approximate surface area is 154 Å². The molecule has 2 atom stereocenters. The summed E-state index contributed by atoms with van der Waals surface area (Å²) in [5, 5.41) is 1.36. The van der Waals surface area contributed by atoms with Gasteiger partial charge >= 0.3 is 0 Å². The van der Waals surface area contributed by atoms with Gasteiger partial charge in [0.2, 0.25) is 5.91 Å². The Bertz CT molecular complexity index is 913. The lowest BCUT2D eigenvalue weighted by molar-refractivity contribution is -0.165. The molecule has 0 radical (unpaired) electrons. The van der Waals surface area contributed by atoms with Crippen molar-refractivity contribution in [1.29, 1.82) is 0 Å². The van der Waals surface area contributed by atoms with E-state index in [9.17, 15) is 4.79 Å². The molecular formula is C22H27N3O. The van der Waals surface area contributed by atoms with Crippen molar-refractivity contribution in [2.45, 2.75) is 63.6 Å². The number of amides is 1. The Balaban J connectivity index is 1.70. The van der Waals surface area contributed by atoms with E-state index in [1.54, 1.807) is 0 Å². The average Bonchev–Trinajstić information content (AvgIpc) is 3.35. The number of nitrogens with zero attached hydrogens (tertiary/aromatic N) is 2. The molecule has 0 bridgehead atoms. The van der Waals surface area contributed by atoms with Gasteiger partial charge in [-0.25, -0.2) is 0 Å². The normalized spacial score (nSPS) is 34.0. The fourth-order valence-electron chi connectivity index (χ4n) is 6.62. The molecule has 4 nitrogen and oxygen atoms in total. The molecule has 2 unspecified atom stereocenters. The number of benzene rings is 1. The van der Waals surface area contributed by atoms with E-state index in [1.165, 1.54) is 47.8 Å². The van der Waals surface area contributed by atoms with Crippen LogP contribution in [0.2, 0.25) is 0 Å². The van der Waals surface area contributed by atoms with E-state index in [0.717, 1.165) is 32.4 Å². The van der Waals surface area contributed by atoms with Gasteiger partial charge in [-0.2, -0.15) is 0 Å². The number of rotatable bonds is 2. The Morgan fingerprint density at radius 2 is 2.08 bits per heavy atom. The van der Waals surface area contributed by atoms with Crippen LogP contribution in [0.15, 0.2) is 24.3 Å².